The zero-order chi connectivity index (χ0) is 37.0. The van der Waals surface area contributed by atoms with Gasteiger partial charge in [-0.2, -0.15) is 9.97 Å². The lowest BCUT2D eigenvalue weighted by molar-refractivity contribution is 0.670. The molecule has 0 aliphatic heterocycles. The van der Waals surface area contributed by atoms with Gasteiger partial charge in [0.05, 0.1) is 5.52 Å². The molecule has 0 unspecified atom stereocenters. The fourth-order valence-corrected chi connectivity index (χ4v) is 7.91. The summed E-state index contributed by atoms with van der Waals surface area (Å²) in [5.74, 6) is 1.72. The van der Waals surface area contributed by atoms with E-state index in [4.69, 9.17) is 19.4 Å². The third-order valence-corrected chi connectivity index (χ3v) is 10.7. The first-order valence-corrected chi connectivity index (χ1v) is 18.8. The summed E-state index contributed by atoms with van der Waals surface area (Å²) in [6.45, 7) is 0. The van der Waals surface area contributed by atoms with Crippen molar-refractivity contribution in [3.63, 3.8) is 0 Å². The lowest BCUT2D eigenvalue weighted by atomic mass is 9.99. The molecule has 0 aliphatic rings. The predicted octanol–water partition coefficient (Wildman–Crippen LogP) is 13.2. The monoisotopic (exact) mass is 716 g/mol. The molecule has 0 saturated heterocycles. The predicted molar refractivity (Wildman–Crippen MR) is 229 cm³/mol. The number of furan rings is 1. The normalized spacial score (nSPS) is 11.6. The van der Waals surface area contributed by atoms with Gasteiger partial charge < -0.3 is 4.42 Å². The number of hydrogen-bond acceptors (Lipinski definition) is 4. The highest BCUT2D eigenvalue weighted by molar-refractivity contribution is 6.21. The van der Waals surface area contributed by atoms with E-state index in [0.29, 0.717) is 17.6 Å². The van der Waals surface area contributed by atoms with Crippen LogP contribution in [-0.4, -0.2) is 19.5 Å². The largest absolute Gasteiger partial charge is 0.454 e. The van der Waals surface area contributed by atoms with E-state index in [1.165, 1.54) is 11.1 Å². The molecule has 11 aromatic rings. The summed E-state index contributed by atoms with van der Waals surface area (Å²) in [5, 5.41) is 4.26. The molecular formula is C51H32N4O. The van der Waals surface area contributed by atoms with E-state index in [9.17, 15) is 0 Å². The maximum absolute atomic E-state index is 6.82. The molecule has 0 radical (unpaired) electrons. The van der Waals surface area contributed by atoms with E-state index in [-0.39, 0.29) is 0 Å². The zero-order valence-electron chi connectivity index (χ0n) is 30.2. The van der Waals surface area contributed by atoms with Crippen molar-refractivity contribution in [3.05, 3.63) is 194 Å². The molecule has 0 saturated carbocycles. The second-order valence-electron chi connectivity index (χ2n) is 14.0. The van der Waals surface area contributed by atoms with Crippen molar-refractivity contribution in [3.8, 4) is 62.1 Å². The van der Waals surface area contributed by atoms with Gasteiger partial charge in [-0.05, 0) is 57.6 Å². The topological polar surface area (TPSA) is 56.7 Å². The quantitative estimate of drug-likeness (QED) is 0.172. The van der Waals surface area contributed by atoms with E-state index in [1.54, 1.807) is 0 Å². The number of hydrogen-bond donors (Lipinski definition) is 0. The van der Waals surface area contributed by atoms with Crippen molar-refractivity contribution in [1.29, 1.82) is 0 Å². The molecule has 0 fully saturated rings. The Morgan fingerprint density at radius 1 is 0.339 bits per heavy atom. The van der Waals surface area contributed by atoms with Crippen molar-refractivity contribution < 1.29 is 4.42 Å². The number of aromatic nitrogens is 4. The van der Waals surface area contributed by atoms with Gasteiger partial charge >= 0.3 is 0 Å². The van der Waals surface area contributed by atoms with Crippen molar-refractivity contribution in [2.75, 3.05) is 0 Å². The Labute approximate surface area is 322 Å². The molecule has 0 amide bonds. The number of rotatable bonds is 6. The highest BCUT2D eigenvalue weighted by Crippen LogP contribution is 2.41. The van der Waals surface area contributed by atoms with Gasteiger partial charge in [-0.3, -0.25) is 4.57 Å². The lowest BCUT2D eigenvalue weighted by Crippen LogP contribution is -2.06. The van der Waals surface area contributed by atoms with E-state index < -0.39 is 0 Å². The van der Waals surface area contributed by atoms with E-state index in [0.717, 1.165) is 77.1 Å². The minimum absolute atomic E-state index is 0.527. The second-order valence-corrected chi connectivity index (χ2v) is 14.0. The van der Waals surface area contributed by atoms with Gasteiger partial charge in [-0.1, -0.05) is 170 Å². The van der Waals surface area contributed by atoms with Crippen LogP contribution in [0.2, 0.25) is 0 Å². The fourth-order valence-electron chi connectivity index (χ4n) is 7.91. The summed E-state index contributed by atoms with van der Waals surface area (Å²) < 4.78 is 8.97. The standard InChI is InChI=1S/C51H32N4O/c1-4-12-33(13-5-1)35-20-22-37(23-21-35)40-28-31-46-44(32-40)43-30-29-42-41-18-10-11-19-45(41)55(47(42)48(43)56-46)51-53-49(38-16-8-3-9-17-38)52-50(54-51)39-26-24-36(25-27-39)34-14-6-2-7-15-34/h1-32H. The number of para-hydroxylation sites is 1. The van der Waals surface area contributed by atoms with Crippen molar-refractivity contribution in [1.82, 2.24) is 19.5 Å². The summed E-state index contributed by atoms with van der Waals surface area (Å²) in [6.07, 6.45) is 0. The van der Waals surface area contributed by atoms with Gasteiger partial charge in [0.15, 0.2) is 17.2 Å². The second kappa shape index (κ2) is 13.0. The minimum atomic E-state index is 0.527. The van der Waals surface area contributed by atoms with E-state index in [1.807, 2.05) is 42.5 Å². The highest BCUT2D eigenvalue weighted by Gasteiger charge is 2.22. The van der Waals surface area contributed by atoms with Gasteiger partial charge in [0.1, 0.15) is 11.1 Å². The molecule has 8 aromatic carbocycles. The molecule has 262 valence electrons. The van der Waals surface area contributed by atoms with Gasteiger partial charge in [0.25, 0.3) is 0 Å². The van der Waals surface area contributed by atoms with Gasteiger partial charge in [0, 0.05) is 32.7 Å². The smallest absolute Gasteiger partial charge is 0.238 e. The summed E-state index contributed by atoms with van der Waals surface area (Å²) >= 11 is 0. The molecule has 3 heterocycles. The van der Waals surface area contributed by atoms with Crippen molar-refractivity contribution >= 4 is 43.7 Å². The maximum atomic E-state index is 6.82. The summed E-state index contributed by atoms with van der Waals surface area (Å²) in [4.78, 5) is 15.4. The van der Waals surface area contributed by atoms with Gasteiger partial charge in [0.2, 0.25) is 5.95 Å². The Kier molecular flexibility index (Phi) is 7.42. The first-order chi connectivity index (χ1) is 27.7. The van der Waals surface area contributed by atoms with E-state index in [2.05, 4.69) is 156 Å². The van der Waals surface area contributed by atoms with Crippen LogP contribution in [0.3, 0.4) is 0 Å². The molecule has 3 aromatic heterocycles. The number of benzene rings is 8. The molecule has 0 bridgehead atoms. The third-order valence-electron chi connectivity index (χ3n) is 10.7. The molecule has 0 atom stereocenters. The Morgan fingerprint density at radius 2 is 0.804 bits per heavy atom. The minimum Gasteiger partial charge on any atom is -0.454 e. The maximum Gasteiger partial charge on any atom is 0.238 e. The van der Waals surface area contributed by atoms with E-state index >= 15 is 0 Å². The van der Waals surface area contributed by atoms with Gasteiger partial charge in [-0.25, -0.2) is 4.98 Å². The van der Waals surface area contributed by atoms with Crippen LogP contribution < -0.4 is 0 Å². The summed E-state index contributed by atoms with van der Waals surface area (Å²) in [7, 11) is 0. The molecule has 0 N–H and O–H groups in total. The Balaban J connectivity index is 1.10. The average Bonchev–Trinajstić information content (AvgIpc) is 3.83. The average molecular weight is 717 g/mol. The lowest BCUT2D eigenvalue weighted by Gasteiger charge is -2.11. The van der Waals surface area contributed by atoms with Crippen LogP contribution in [0.1, 0.15) is 0 Å². The highest BCUT2D eigenvalue weighted by atomic mass is 16.3. The Hall–Kier alpha value is -7.63. The SMILES string of the molecule is c1ccc(-c2ccc(-c3ccc4oc5c(ccc6c7ccccc7n(-c7nc(-c8ccccc8)nc(-c8ccc(-c9ccccc9)cc8)n7)c65)c4c3)cc2)cc1. The van der Waals surface area contributed by atoms with Crippen LogP contribution in [0.15, 0.2) is 199 Å². The zero-order valence-corrected chi connectivity index (χ0v) is 30.2. The van der Waals surface area contributed by atoms with Crippen LogP contribution in [0.25, 0.3) is 106 Å². The van der Waals surface area contributed by atoms with Crippen LogP contribution >= 0.6 is 0 Å². The number of nitrogens with zero attached hydrogens (tertiary/aromatic N) is 4. The Morgan fingerprint density at radius 3 is 1.43 bits per heavy atom. The molecule has 56 heavy (non-hydrogen) atoms. The molecule has 11 rings (SSSR count). The molecule has 5 heteroatoms. The first kappa shape index (κ1) is 31.9. The molecular weight excluding hydrogens is 685 g/mol. The fraction of sp³-hybridized carbons (Fsp3) is 0. The molecule has 5 nitrogen and oxygen atoms in total. The van der Waals surface area contributed by atoms with Gasteiger partial charge in [-0.15, -0.1) is 0 Å². The first-order valence-electron chi connectivity index (χ1n) is 18.8. The summed E-state index contributed by atoms with van der Waals surface area (Å²) in [6, 6.07) is 67.4. The van der Waals surface area contributed by atoms with Crippen molar-refractivity contribution in [2.24, 2.45) is 0 Å². The van der Waals surface area contributed by atoms with Crippen LogP contribution in [-0.2, 0) is 0 Å². The molecule has 0 spiro atoms. The third kappa shape index (κ3) is 5.37. The summed E-state index contributed by atoms with van der Waals surface area (Å²) in [5.41, 5.74) is 12.3. The number of fused-ring (bicyclic) bond motifs is 7. The van der Waals surface area contributed by atoms with Crippen molar-refractivity contribution in [2.45, 2.75) is 0 Å². The molecule has 0 aliphatic carbocycles. The Bertz CT molecular complexity index is 3200. The van der Waals surface area contributed by atoms with Crippen LogP contribution in [0.5, 0.6) is 0 Å². The van der Waals surface area contributed by atoms with Crippen LogP contribution in [0, 0.1) is 0 Å². The van der Waals surface area contributed by atoms with Crippen LogP contribution in [0.4, 0.5) is 0 Å².